The number of hydrazone groups is 1. The van der Waals surface area contributed by atoms with Crippen LogP contribution in [0.25, 0.3) is 10.8 Å². The summed E-state index contributed by atoms with van der Waals surface area (Å²) in [6, 6.07) is 21.0. The van der Waals surface area contributed by atoms with Crippen LogP contribution in [0, 0.1) is 10.1 Å². The molecular weight excluding hydrogens is 462 g/mol. The summed E-state index contributed by atoms with van der Waals surface area (Å²) in [5, 5.41) is 21.5. The molecule has 0 fully saturated rings. The number of benzene rings is 3. The summed E-state index contributed by atoms with van der Waals surface area (Å²) >= 11 is 3.36. The van der Waals surface area contributed by atoms with E-state index in [1.54, 1.807) is 0 Å². The van der Waals surface area contributed by atoms with Gasteiger partial charge in [-0.25, -0.2) is 5.43 Å². The zero-order valence-electron chi connectivity index (χ0n) is 16.1. The predicted molar refractivity (Wildman–Crippen MR) is 121 cm³/mol. The minimum Gasteiger partial charge on any atom is -0.265 e. The maximum atomic E-state index is 12.5. The molecule has 154 valence electrons. The van der Waals surface area contributed by atoms with Crippen LogP contribution in [0.1, 0.15) is 21.6 Å². The topological polar surface area (TPSA) is 102 Å². The van der Waals surface area contributed by atoms with Gasteiger partial charge in [0, 0.05) is 10.0 Å². The molecule has 0 saturated heterocycles. The second-order valence-corrected chi connectivity index (χ2v) is 7.63. The molecule has 1 heterocycles. The number of aromatic nitrogens is 2. The fourth-order valence-electron chi connectivity index (χ4n) is 3.14. The normalized spacial score (nSPS) is 11.1. The molecule has 3 aromatic carbocycles. The number of nitro groups is 1. The number of nitrogens with zero attached hydrogens (tertiary/aromatic N) is 4. The number of carbonyl (C=O) groups excluding carboxylic acids is 1. The summed E-state index contributed by atoms with van der Waals surface area (Å²) in [6.45, 7) is 0.292. The van der Waals surface area contributed by atoms with E-state index in [-0.39, 0.29) is 11.4 Å². The Bertz CT molecular complexity index is 1290. The predicted octanol–water partition coefficient (Wildman–Crippen LogP) is 4.52. The maximum Gasteiger partial charge on any atom is 0.320 e. The summed E-state index contributed by atoms with van der Waals surface area (Å²) in [5.41, 5.74) is 3.37. The molecule has 0 atom stereocenters. The molecule has 0 unspecified atom stereocenters. The summed E-state index contributed by atoms with van der Waals surface area (Å²) in [7, 11) is 0. The zero-order chi connectivity index (χ0) is 21.8. The molecule has 0 aliphatic heterocycles. The fraction of sp³-hybridized carbons (Fsp3) is 0.0455. The van der Waals surface area contributed by atoms with Crippen LogP contribution in [-0.2, 0) is 6.54 Å². The van der Waals surface area contributed by atoms with E-state index in [0.29, 0.717) is 6.54 Å². The van der Waals surface area contributed by atoms with Crippen molar-refractivity contribution in [2.75, 3.05) is 0 Å². The van der Waals surface area contributed by atoms with E-state index in [1.165, 1.54) is 17.1 Å². The van der Waals surface area contributed by atoms with Crippen LogP contribution >= 0.6 is 15.9 Å². The third-order valence-electron chi connectivity index (χ3n) is 4.61. The Morgan fingerprint density at radius 1 is 1.13 bits per heavy atom. The quantitative estimate of drug-likeness (QED) is 0.250. The molecule has 1 amide bonds. The monoisotopic (exact) mass is 477 g/mol. The van der Waals surface area contributed by atoms with Crippen LogP contribution in [0.4, 0.5) is 5.69 Å². The van der Waals surface area contributed by atoms with Crippen molar-refractivity contribution in [1.29, 1.82) is 0 Å². The van der Waals surface area contributed by atoms with Crippen molar-refractivity contribution in [3.63, 3.8) is 0 Å². The minimum absolute atomic E-state index is 0.292. The summed E-state index contributed by atoms with van der Waals surface area (Å²) in [4.78, 5) is 23.3. The van der Waals surface area contributed by atoms with E-state index in [9.17, 15) is 14.9 Å². The van der Waals surface area contributed by atoms with E-state index < -0.39 is 10.8 Å². The number of nitrogens with one attached hydrogen (secondary N) is 1. The Morgan fingerprint density at radius 2 is 1.87 bits per heavy atom. The fourth-order valence-corrected chi connectivity index (χ4v) is 3.40. The number of hydrogen-bond donors (Lipinski definition) is 1. The first-order valence-electron chi connectivity index (χ1n) is 9.29. The highest BCUT2D eigenvalue weighted by Crippen LogP contribution is 2.19. The van der Waals surface area contributed by atoms with Crippen LogP contribution in [0.15, 0.2) is 82.5 Å². The molecule has 31 heavy (non-hydrogen) atoms. The van der Waals surface area contributed by atoms with Crippen molar-refractivity contribution in [2.45, 2.75) is 6.54 Å². The number of carbonyl (C=O) groups is 1. The van der Waals surface area contributed by atoms with Gasteiger partial charge in [-0.3, -0.25) is 19.6 Å². The van der Waals surface area contributed by atoms with Crippen LogP contribution in [0.5, 0.6) is 0 Å². The first-order valence-corrected chi connectivity index (χ1v) is 10.1. The lowest BCUT2D eigenvalue weighted by molar-refractivity contribution is -0.385. The molecule has 0 aliphatic rings. The van der Waals surface area contributed by atoms with E-state index in [4.69, 9.17) is 0 Å². The number of amides is 1. The summed E-state index contributed by atoms with van der Waals surface area (Å²) < 4.78 is 2.29. The Labute approximate surface area is 185 Å². The van der Waals surface area contributed by atoms with E-state index in [0.717, 1.165) is 26.4 Å². The molecule has 8 nitrogen and oxygen atoms in total. The summed E-state index contributed by atoms with van der Waals surface area (Å²) in [6.07, 6.45) is 2.75. The average Bonchev–Trinajstić information content (AvgIpc) is 3.20. The lowest BCUT2D eigenvalue weighted by atomic mass is 10.1. The SMILES string of the molecule is O=C(N/N=C/c1cccc2ccccc12)c1nn(Cc2ccc(Br)cc2)cc1[N+](=O)[O-]. The van der Waals surface area contributed by atoms with Crippen LogP contribution in [-0.4, -0.2) is 26.8 Å². The highest BCUT2D eigenvalue weighted by molar-refractivity contribution is 9.10. The van der Waals surface area contributed by atoms with Crippen molar-refractivity contribution in [3.05, 3.63) is 104 Å². The van der Waals surface area contributed by atoms with Gasteiger partial charge in [-0.2, -0.15) is 10.2 Å². The Hall–Kier alpha value is -3.85. The standard InChI is InChI=1S/C22H16BrN5O3/c23-18-10-8-15(9-11-18)13-27-14-20(28(30)31)21(26-27)22(29)25-24-12-17-6-3-5-16-4-1-2-7-19(16)17/h1-12,14H,13H2,(H,25,29)/b24-12+. The van der Waals surface area contributed by atoms with E-state index in [2.05, 4.69) is 31.6 Å². The molecular formula is C22H16BrN5O3. The van der Waals surface area contributed by atoms with Crippen molar-refractivity contribution in [2.24, 2.45) is 5.10 Å². The van der Waals surface area contributed by atoms with Crippen LogP contribution in [0.2, 0.25) is 0 Å². The molecule has 0 aliphatic carbocycles. The molecule has 9 heteroatoms. The number of hydrogen-bond acceptors (Lipinski definition) is 5. The van der Waals surface area contributed by atoms with Gasteiger partial charge in [0.25, 0.3) is 5.91 Å². The number of fused-ring (bicyclic) bond motifs is 1. The van der Waals surface area contributed by atoms with E-state index >= 15 is 0 Å². The Morgan fingerprint density at radius 3 is 2.65 bits per heavy atom. The average molecular weight is 478 g/mol. The van der Waals surface area contributed by atoms with Gasteiger partial charge < -0.3 is 0 Å². The summed E-state index contributed by atoms with van der Waals surface area (Å²) in [5.74, 6) is -0.752. The number of rotatable bonds is 6. The third kappa shape index (κ3) is 4.67. The van der Waals surface area contributed by atoms with Gasteiger partial charge in [0.05, 0.1) is 17.7 Å². The van der Waals surface area contributed by atoms with Gasteiger partial charge >= 0.3 is 5.69 Å². The van der Waals surface area contributed by atoms with Crippen molar-refractivity contribution < 1.29 is 9.72 Å². The van der Waals surface area contributed by atoms with Crippen LogP contribution < -0.4 is 5.43 Å². The molecule has 4 aromatic rings. The van der Waals surface area contributed by atoms with Crippen molar-refractivity contribution in [1.82, 2.24) is 15.2 Å². The second-order valence-electron chi connectivity index (χ2n) is 6.71. The first kappa shape index (κ1) is 20.4. The molecule has 1 N–H and O–H groups in total. The zero-order valence-corrected chi connectivity index (χ0v) is 17.7. The smallest absolute Gasteiger partial charge is 0.265 e. The second kappa shape index (κ2) is 8.88. The lowest BCUT2D eigenvalue weighted by Crippen LogP contribution is -2.19. The molecule has 1 aromatic heterocycles. The third-order valence-corrected chi connectivity index (χ3v) is 5.13. The minimum atomic E-state index is -0.752. The largest absolute Gasteiger partial charge is 0.320 e. The van der Waals surface area contributed by atoms with Gasteiger partial charge in [-0.15, -0.1) is 0 Å². The lowest BCUT2D eigenvalue weighted by Gasteiger charge is -2.02. The van der Waals surface area contributed by atoms with Gasteiger partial charge in [0.15, 0.2) is 0 Å². The van der Waals surface area contributed by atoms with Gasteiger partial charge in [0.2, 0.25) is 5.69 Å². The van der Waals surface area contributed by atoms with Crippen molar-refractivity contribution in [3.8, 4) is 0 Å². The number of halogens is 1. The Balaban J connectivity index is 1.53. The van der Waals surface area contributed by atoms with Crippen LogP contribution in [0.3, 0.4) is 0 Å². The molecule has 0 bridgehead atoms. The molecule has 0 radical (unpaired) electrons. The molecule has 0 saturated carbocycles. The molecule has 0 spiro atoms. The van der Waals surface area contributed by atoms with Gasteiger partial charge in [0.1, 0.15) is 6.20 Å². The highest BCUT2D eigenvalue weighted by atomic mass is 79.9. The highest BCUT2D eigenvalue weighted by Gasteiger charge is 2.25. The van der Waals surface area contributed by atoms with Crippen molar-refractivity contribution >= 4 is 44.5 Å². The van der Waals surface area contributed by atoms with Gasteiger partial charge in [-0.05, 0) is 28.5 Å². The molecule has 4 rings (SSSR count). The maximum absolute atomic E-state index is 12.5. The van der Waals surface area contributed by atoms with Gasteiger partial charge in [-0.1, -0.05) is 70.5 Å². The first-order chi connectivity index (χ1) is 15.0. The Kier molecular flexibility index (Phi) is 5.85. The van der Waals surface area contributed by atoms with E-state index in [1.807, 2.05) is 66.7 Å².